The van der Waals surface area contributed by atoms with Crippen LogP contribution in [0.3, 0.4) is 0 Å². The second-order valence-corrected chi connectivity index (χ2v) is 19.7. The van der Waals surface area contributed by atoms with Crippen molar-refractivity contribution in [2.75, 3.05) is 13.6 Å². The minimum Gasteiger partial charge on any atom is -0.512 e. The standard InChI is InChI=1S/C46H67FN2O5/c1-27(2)41-36(51)24-46(39(52)12-11-23-49(10)29(4)35-15-13-31(47)26-48-35)22-18-34-32(42(41)46)14-16-38-44(8)21-19-37(28(3)33(44)17-20-45(34,38)9)54-40(53)25-43(6,7)30(5)50/h13,15,26-28,32-34,37-39,52H,5,11-12,14,16-25H2,1-4,6-10H3/p+1. The van der Waals surface area contributed by atoms with Crippen molar-refractivity contribution in [1.29, 1.82) is 0 Å². The fourth-order valence-electron chi connectivity index (χ4n) is 13.0. The summed E-state index contributed by atoms with van der Waals surface area (Å²) in [6, 6.07) is 3.13. The highest BCUT2D eigenvalue weighted by molar-refractivity contribution is 6.00. The number of nitrogens with zero attached hydrogens (tertiary/aromatic N) is 2. The highest BCUT2D eigenvalue weighted by atomic mass is 19.1. The summed E-state index contributed by atoms with van der Waals surface area (Å²) in [6.07, 6.45) is 10.8. The van der Waals surface area contributed by atoms with Gasteiger partial charge >= 0.3 is 5.97 Å². The number of aromatic nitrogens is 1. The van der Waals surface area contributed by atoms with Gasteiger partial charge in [0, 0.05) is 30.6 Å². The van der Waals surface area contributed by atoms with Gasteiger partial charge in [-0.05, 0) is 122 Å². The second-order valence-electron chi connectivity index (χ2n) is 19.7. The summed E-state index contributed by atoms with van der Waals surface area (Å²) in [4.78, 5) is 31.3. The number of fused-ring (bicyclic) bond motifs is 7. The van der Waals surface area contributed by atoms with Gasteiger partial charge in [0.05, 0.1) is 24.5 Å². The molecule has 1 aromatic heterocycles. The van der Waals surface area contributed by atoms with Crippen LogP contribution in [0, 0.1) is 63.0 Å². The van der Waals surface area contributed by atoms with Crippen LogP contribution in [0.4, 0.5) is 4.39 Å². The van der Waals surface area contributed by atoms with Crippen molar-refractivity contribution < 1.29 is 33.5 Å². The van der Waals surface area contributed by atoms with Gasteiger partial charge in [0.2, 0.25) is 0 Å². The van der Waals surface area contributed by atoms with Gasteiger partial charge in [0.1, 0.15) is 31.2 Å². The Morgan fingerprint density at radius 1 is 1.09 bits per heavy atom. The second kappa shape index (κ2) is 14.9. The number of ketones is 1. The maximum atomic E-state index is 14.0. The number of ether oxygens (including phenoxy) is 1. The first-order chi connectivity index (χ1) is 25.3. The summed E-state index contributed by atoms with van der Waals surface area (Å²) in [5.41, 5.74) is 3.14. The lowest BCUT2D eigenvalue weighted by Crippen LogP contribution is -2.61. The van der Waals surface area contributed by atoms with E-state index in [1.165, 1.54) is 17.8 Å². The normalized spacial score (nSPS) is 36.1. The number of allylic oxidation sites excluding steroid dienone is 2. The number of Topliss-reactive ketones (excluding diaryl/α,β-unsaturated/α-hetero) is 1. The Bertz CT molecular complexity index is 1700. The van der Waals surface area contributed by atoms with E-state index in [1.807, 2.05) is 27.8 Å². The van der Waals surface area contributed by atoms with Crippen molar-refractivity contribution in [2.24, 2.45) is 57.2 Å². The SMILES string of the molecule is C=C(O)C(C)(C)CC(=O)OC1CCC2(C)C(CCC3(C)C4CCC5(C(O)CCC[N+](C)=C(C)c6ccc(F)cn6)CC(=O)C(C(C)C)=C5C4CCC32)C1C. The van der Waals surface area contributed by atoms with Crippen LogP contribution in [-0.2, 0) is 14.3 Å². The largest absolute Gasteiger partial charge is 0.512 e. The molecule has 10 unspecified atom stereocenters. The third-order valence-electron chi connectivity index (χ3n) is 16.1. The van der Waals surface area contributed by atoms with E-state index in [0.29, 0.717) is 36.5 Å². The van der Waals surface area contributed by atoms with Crippen LogP contribution in [0.25, 0.3) is 0 Å². The van der Waals surface area contributed by atoms with Crippen molar-refractivity contribution in [3.8, 4) is 0 Å². The third kappa shape index (κ3) is 6.93. The Morgan fingerprint density at radius 3 is 2.41 bits per heavy atom. The molecule has 0 amide bonds. The molecule has 1 heterocycles. The molecule has 5 aliphatic carbocycles. The van der Waals surface area contributed by atoms with Crippen LogP contribution in [0.2, 0.25) is 0 Å². The summed E-state index contributed by atoms with van der Waals surface area (Å²) in [5.74, 6) is 1.88. The molecule has 0 aromatic carbocycles. The maximum Gasteiger partial charge on any atom is 0.307 e. The molecule has 1 aromatic rings. The molecule has 8 heteroatoms. The minimum atomic E-state index is -0.712. The zero-order chi connectivity index (χ0) is 39.5. The number of carbonyl (C=O) groups is 2. The number of aliphatic hydroxyl groups excluding tert-OH is 2. The molecule has 2 N–H and O–H groups in total. The highest BCUT2D eigenvalue weighted by Gasteiger charge is 2.65. The molecule has 0 saturated heterocycles. The van der Waals surface area contributed by atoms with Crippen LogP contribution < -0.4 is 0 Å². The lowest BCUT2D eigenvalue weighted by atomic mass is 9.38. The van der Waals surface area contributed by atoms with Crippen LogP contribution in [0.15, 0.2) is 41.8 Å². The van der Waals surface area contributed by atoms with Crippen molar-refractivity contribution in [2.45, 2.75) is 145 Å². The van der Waals surface area contributed by atoms with E-state index in [-0.39, 0.29) is 58.5 Å². The number of halogens is 1. The van der Waals surface area contributed by atoms with Crippen LogP contribution >= 0.6 is 0 Å². The fraction of sp³-hybridized carbons (Fsp3) is 0.739. The summed E-state index contributed by atoms with van der Waals surface area (Å²) in [7, 11) is 2.02. The Kier molecular flexibility index (Phi) is 11.2. The summed E-state index contributed by atoms with van der Waals surface area (Å²) >= 11 is 0. The number of hydrogen-bond acceptors (Lipinski definition) is 6. The molecule has 4 fully saturated rings. The lowest BCUT2D eigenvalue weighted by Gasteiger charge is -2.67. The molecule has 6 rings (SSSR count). The first kappa shape index (κ1) is 40.8. The molecule has 298 valence electrons. The first-order valence-electron chi connectivity index (χ1n) is 21.0. The van der Waals surface area contributed by atoms with Crippen molar-refractivity contribution >= 4 is 17.5 Å². The van der Waals surface area contributed by atoms with Gasteiger partial charge in [0.15, 0.2) is 11.5 Å². The van der Waals surface area contributed by atoms with Crippen molar-refractivity contribution in [3.05, 3.63) is 53.3 Å². The molecule has 54 heavy (non-hydrogen) atoms. The third-order valence-corrected chi connectivity index (χ3v) is 16.1. The number of carbonyl (C=O) groups excluding carboxylic acids is 2. The zero-order valence-electron chi connectivity index (χ0n) is 34.6. The lowest BCUT2D eigenvalue weighted by molar-refractivity contribution is -0.498. The molecule has 7 nitrogen and oxygen atoms in total. The zero-order valence-corrected chi connectivity index (χ0v) is 34.6. The summed E-state index contributed by atoms with van der Waals surface area (Å²) < 4.78 is 21.8. The number of rotatable bonds is 11. The van der Waals surface area contributed by atoms with E-state index >= 15 is 0 Å². The van der Waals surface area contributed by atoms with Gasteiger partial charge in [-0.2, -0.15) is 0 Å². The average Bonchev–Trinajstić information content (AvgIpc) is 3.42. The Morgan fingerprint density at radius 2 is 1.76 bits per heavy atom. The molecule has 0 spiro atoms. The van der Waals surface area contributed by atoms with E-state index in [1.54, 1.807) is 6.07 Å². The topological polar surface area (TPSA) is 99.7 Å². The van der Waals surface area contributed by atoms with Gasteiger partial charge in [0.25, 0.3) is 0 Å². The van der Waals surface area contributed by atoms with Crippen LogP contribution in [0.1, 0.15) is 138 Å². The van der Waals surface area contributed by atoms with Crippen LogP contribution in [-0.4, -0.2) is 63.0 Å². The van der Waals surface area contributed by atoms with E-state index in [0.717, 1.165) is 81.3 Å². The Hall–Kier alpha value is -2.87. The minimum absolute atomic E-state index is 0.00762. The first-order valence-corrected chi connectivity index (χ1v) is 21.0. The monoisotopic (exact) mass is 748 g/mol. The number of esters is 1. The number of pyridine rings is 1. The number of hydrogen-bond donors (Lipinski definition) is 2. The van der Waals surface area contributed by atoms with E-state index in [4.69, 9.17) is 4.74 Å². The van der Waals surface area contributed by atoms with Crippen molar-refractivity contribution in [1.82, 2.24) is 4.98 Å². The van der Waals surface area contributed by atoms with Crippen molar-refractivity contribution in [3.63, 3.8) is 0 Å². The molecular formula is C46H68FN2O5+. The quantitative estimate of drug-likeness (QED) is 0.101. The molecule has 0 radical (unpaired) electrons. The predicted molar refractivity (Wildman–Crippen MR) is 211 cm³/mol. The molecular weight excluding hydrogens is 680 g/mol. The van der Waals surface area contributed by atoms with Gasteiger partial charge in [-0.25, -0.2) is 13.9 Å². The van der Waals surface area contributed by atoms with E-state index in [2.05, 4.69) is 50.8 Å². The number of aliphatic hydroxyl groups is 2. The molecule has 0 aliphatic heterocycles. The van der Waals surface area contributed by atoms with E-state index < -0.39 is 16.9 Å². The predicted octanol–water partition coefficient (Wildman–Crippen LogP) is 9.41. The van der Waals surface area contributed by atoms with Gasteiger partial charge in [-0.1, -0.05) is 60.6 Å². The molecule has 0 bridgehead atoms. The molecule has 5 aliphatic rings. The Labute approximate surface area is 324 Å². The highest BCUT2D eigenvalue weighted by Crippen LogP contribution is 2.72. The fourth-order valence-corrected chi connectivity index (χ4v) is 13.0. The van der Waals surface area contributed by atoms with Gasteiger partial charge in [-0.3, -0.25) is 9.59 Å². The van der Waals surface area contributed by atoms with E-state index in [9.17, 15) is 24.2 Å². The summed E-state index contributed by atoms with van der Waals surface area (Å²) in [5, 5.41) is 22.2. The van der Waals surface area contributed by atoms with Crippen LogP contribution in [0.5, 0.6) is 0 Å². The molecule has 4 saturated carbocycles. The maximum absolute atomic E-state index is 14.0. The van der Waals surface area contributed by atoms with Gasteiger partial charge in [-0.15, -0.1) is 0 Å². The summed E-state index contributed by atoms with van der Waals surface area (Å²) in [6.45, 7) is 21.8. The smallest absolute Gasteiger partial charge is 0.307 e. The average molecular weight is 748 g/mol. The Balaban J connectivity index is 1.19. The molecule has 10 atom stereocenters. The van der Waals surface area contributed by atoms with Gasteiger partial charge < -0.3 is 14.9 Å².